The molecule has 0 unspecified atom stereocenters. The van der Waals surface area contributed by atoms with Crippen LogP contribution < -0.4 is 15.2 Å². The maximum atomic E-state index is 14.0. The zero-order valence-corrected chi connectivity index (χ0v) is 11.1. The molecule has 1 heterocycles. The number of fused-ring (bicyclic) bond motifs is 1. The van der Waals surface area contributed by atoms with Crippen LogP contribution in [-0.4, -0.2) is 19.8 Å². The highest BCUT2D eigenvalue weighted by Crippen LogP contribution is 2.39. The average molecular weight is 304 g/mol. The Morgan fingerprint density at radius 2 is 2.06 bits per heavy atom. The summed E-state index contributed by atoms with van der Waals surface area (Å²) in [6.45, 7) is 1.60. The number of hydrogen-bond donors (Lipinski definition) is 1. The molecule has 0 radical (unpaired) electrons. The fourth-order valence-electron chi connectivity index (χ4n) is 1.87. The molecule has 5 heteroatoms. The molecule has 0 aliphatic carbocycles. The van der Waals surface area contributed by atoms with Crippen molar-refractivity contribution in [1.29, 1.82) is 0 Å². The van der Waals surface area contributed by atoms with Crippen molar-refractivity contribution in [2.75, 3.05) is 19.8 Å². The first-order valence-corrected chi connectivity index (χ1v) is 6.50. The number of ether oxygens (including phenoxy) is 2. The lowest BCUT2D eigenvalue weighted by atomic mass is 10.1. The molecule has 0 spiro atoms. The molecular formula is C12H15BrFNO2. The molecule has 0 amide bonds. The highest BCUT2D eigenvalue weighted by Gasteiger charge is 2.21. The van der Waals surface area contributed by atoms with Crippen molar-refractivity contribution < 1.29 is 13.9 Å². The summed E-state index contributed by atoms with van der Waals surface area (Å²) in [4.78, 5) is 0. The van der Waals surface area contributed by atoms with Gasteiger partial charge in [-0.2, -0.15) is 0 Å². The molecule has 0 atom stereocenters. The fourth-order valence-corrected chi connectivity index (χ4v) is 2.31. The van der Waals surface area contributed by atoms with Crippen molar-refractivity contribution >= 4 is 15.9 Å². The summed E-state index contributed by atoms with van der Waals surface area (Å²) in [6, 6.07) is 1.62. The van der Waals surface area contributed by atoms with Crippen LogP contribution in [0.1, 0.15) is 18.4 Å². The van der Waals surface area contributed by atoms with Crippen molar-refractivity contribution in [3.8, 4) is 11.5 Å². The summed E-state index contributed by atoms with van der Waals surface area (Å²) in [6.07, 6.45) is 2.34. The Morgan fingerprint density at radius 1 is 1.29 bits per heavy atom. The van der Waals surface area contributed by atoms with Gasteiger partial charge in [-0.15, -0.1) is 0 Å². The Hall–Kier alpha value is -0.810. The highest BCUT2D eigenvalue weighted by atomic mass is 79.9. The van der Waals surface area contributed by atoms with E-state index in [9.17, 15) is 4.39 Å². The SMILES string of the molecule is NCCCCc1c(F)c(Br)cc2c1OCCO2. The lowest BCUT2D eigenvalue weighted by molar-refractivity contribution is 0.168. The van der Waals surface area contributed by atoms with Crippen LogP contribution in [0.3, 0.4) is 0 Å². The second-order valence-electron chi connectivity index (χ2n) is 3.92. The lowest BCUT2D eigenvalue weighted by Crippen LogP contribution is -2.17. The number of nitrogens with two attached hydrogens (primary N) is 1. The van der Waals surface area contributed by atoms with E-state index in [1.54, 1.807) is 6.07 Å². The zero-order chi connectivity index (χ0) is 12.3. The second kappa shape index (κ2) is 5.69. The molecule has 0 bridgehead atoms. The topological polar surface area (TPSA) is 44.5 Å². The van der Waals surface area contributed by atoms with Crippen molar-refractivity contribution in [3.05, 3.63) is 21.9 Å². The van der Waals surface area contributed by atoms with Crippen LogP contribution >= 0.6 is 15.9 Å². The van der Waals surface area contributed by atoms with E-state index in [0.717, 1.165) is 12.8 Å². The maximum absolute atomic E-state index is 14.0. The minimum atomic E-state index is -0.258. The van der Waals surface area contributed by atoms with Crippen LogP contribution in [0.15, 0.2) is 10.5 Å². The van der Waals surface area contributed by atoms with Gasteiger partial charge >= 0.3 is 0 Å². The van der Waals surface area contributed by atoms with E-state index in [4.69, 9.17) is 15.2 Å². The summed E-state index contributed by atoms with van der Waals surface area (Å²) in [5, 5.41) is 0. The number of rotatable bonds is 4. The van der Waals surface area contributed by atoms with E-state index >= 15 is 0 Å². The van der Waals surface area contributed by atoms with Crippen LogP contribution in [-0.2, 0) is 6.42 Å². The third-order valence-corrected chi connectivity index (χ3v) is 3.28. The summed E-state index contributed by atoms with van der Waals surface area (Å²) in [5.41, 5.74) is 6.03. The van der Waals surface area contributed by atoms with Gasteiger partial charge in [0.25, 0.3) is 0 Å². The molecule has 0 aromatic heterocycles. The van der Waals surface area contributed by atoms with E-state index < -0.39 is 0 Å². The van der Waals surface area contributed by atoms with Crippen LogP contribution in [0.5, 0.6) is 11.5 Å². The first-order chi connectivity index (χ1) is 8.24. The minimum absolute atomic E-state index is 0.258. The van der Waals surface area contributed by atoms with Gasteiger partial charge in [0.05, 0.1) is 4.47 Å². The molecule has 1 aliphatic heterocycles. The van der Waals surface area contributed by atoms with Gasteiger partial charge in [0, 0.05) is 11.6 Å². The van der Waals surface area contributed by atoms with Gasteiger partial charge in [0.15, 0.2) is 11.5 Å². The molecule has 1 aliphatic rings. The molecule has 17 heavy (non-hydrogen) atoms. The highest BCUT2D eigenvalue weighted by molar-refractivity contribution is 9.10. The van der Waals surface area contributed by atoms with Crippen LogP contribution in [0.4, 0.5) is 4.39 Å². The van der Waals surface area contributed by atoms with Gasteiger partial charge in [-0.05, 0) is 41.7 Å². The predicted molar refractivity (Wildman–Crippen MR) is 67.1 cm³/mol. The Labute approximate surface area is 108 Å². The molecule has 0 saturated carbocycles. The van der Waals surface area contributed by atoms with Gasteiger partial charge < -0.3 is 15.2 Å². The van der Waals surface area contributed by atoms with Gasteiger partial charge in [-0.1, -0.05) is 0 Å². The predicted octanol–water partition coefficient (Wildman–Crippen LogP) is 2.64. The monoisotopic (exact) mass is 303 g/mol. The average Bonchev–Trinajstić information content (AvgIpc) is 2.34. The van der Waals surface area contributed by atoms with Gasteiger partial charge in [-0.25, -0.2) is 4.39 Å². The molecule has 1 aromatic rings. The number of hydrogen-bond acceptors (Lipinski definition) is 3. The van der Waals surface area contributed by atoms with E-state index in [-0.39, 0.29) is 5.82 Å². The molecule has 94 valence electrons. The molecule has 0 fully saturated rings. The second-order valence-corrected chi connectivity index (χ2v) is 4.78. The van der Waals surface area contributed by atoms with Crippen molar-refractivity contribution in [1.82, 2.24) is 0 Å². The minimum Gasteiger partial charge on any atom is -0.486 e. The molecule has 1 aromatic carbocycles. The Kier molecular flexibility index (Phi) is 4.23. The van der Waals surface area contributed by atoms with Crippen LogP contribution in [0.2, 0.25) is 0 Å². The maximum Gasteiger partial charge on any atom is 0.167 e. The fraction of sp³-hybridized carbons (Fsp3) is 0.500. The first-order valence-electron chi connectivity index (χ1n) is 5.70. The summed E-state index contributed by atoms with van der Waals surface area (Å²) < 4.78 is 25.4. The Morgan fingerprint density at radius 3 is 2.82 bits per heavy atom. The molecular weight excluding hydrogens is 289 g/mol. The zero-order valence-electron chi connectivity index (χ0n) is 9.47. The van der Waals surface area contributed by atoms with Crippen molar-refractivity contribution in [2.45, 2.75) is 19.3 Å². The van der Waals surface area contributed by atoms with E-state index in [1.165, 1.54) is 0 Å². The Balaban J connectivity index is 2.30. The third-order valence-electron chi connectivity index (χ3n) is 2.70. The normalized spacial score (nSPS) is 13.8. The van der Waals surface area contributed by atoms with E-state index in [1.807, 2.05) is 0 Å². The molecule has 0 saturated heterocycles. The van der Waals surface area contributed by atoms with Crippen molar-refractivity contribution in [3.63, 3.8) is 0 Å². The summed E-state index contributed by atoms with van der Waals surface area (Å²) in [7, 11) is 0. The molecule has 2 rings (SSSR count). The van der Waals surface area contributed by atoms with Gasteiger partial charge in [0.1, 0.15) is 19.0 Å². The van der Waals surface area contributed by atoms with Crippen LogP contribution in [0, 0.1) is 5.82 Å². The van der Waals surface area contributed by atoms with Crippen molar-refractivity contribution in [2.24, 2.45) is 5.73 Å². The standard InChI is InChI=1S/C12H15BrFNO2/c13-9-7-10-12(17-6-5-16-10)8(11(9)14)3-1-2-4-15/h7H,1-6,15H2. The largest absolute Gasteiger partial charge is 0.486 e. The van der Waals surface area contributed by atoms with Crippen LogP contribution in [0.25, 0.3) is 0 Å². The van der Waals surface area contributed by atoms with Gasteiger partial charge in [0.2, 0.25) is 0 Å². The summed E-state index contributed by atoms with van der Waals surface area (Å²) in [5.74, 6) is 0.910. The third kappa shape index (κ3) is 2.72. The molecule has 2 N–H and O–H groups in total. The van der Waals surface area contributed by atoms with E-state index in [0.29, 0.717) is 47.7 Å². The summed E-state index contributed by atoms with van der Waals surface area (Å²) >= 11 is 3.20. The van der Waals surface area contributed by atoms with E-state index in [2.05, 4.69) is 15.9 Å². The molecule has 3 nitrogen and oxygen atoms in total. The quantitative estimate of drug-likeness (QED) is 0.870. The first kappa shape index (κ1) is 12.6. The number of benzene rings is 1. The number of unbranched alkanes of at least 4 members (excludes halogenated alkanes) is 1. The van der Waals surface area contributed by atoms with Gasteiger partial charge in [-0.3, -0.25) is 0 Å². The number of halogens is 2. The lowest BCUT2D eigenvalue weighted by Gasteiger charge is -2.22. The Bertz CT molecular complexity index is 412. The smallest absolute Gasteiger partial charge is 0.167 e.